The molecule has 0 aliphatic carbocycles. The van der Waals surface area contributed by atoms with Gasteiger partial charge in [-0.3, -0.25) is 0 Å². The Morgan fingerprint density at radius 2 is 1.81 bits per heavy atom. The molecule has 2 aromatic carbocycles. The van der Waals surface area contributed by atoms with E-state index in [0.29, 0.717) is 16.6 Å². The normalized spacial score (nSPS) is 17.8. The van der Waals surface area contributed by atoms with Crippen LogP contribution in [0, 0.1) is 0 Å². The summed E-state index contributed by atoms with van der Waals surface area (Å²) in [5.41, 5.74) is 2.87. The first-order valence-corrected chi connectivity index (χ1v) is 9.70. The van der Waals surface area contributed by atoms with E-state index in [0.717, 1.165) is 48.4 Å². The second kappa shape index (κ2) is 7.47. The van der Waals surface area contributed by atoms with Crippen LogP contribution in [0.25, 0.3) is 11.0 Å². The number of nitrogens with zero attached hydrogens (tertiary/aromatic N) is 3. The molecule has 1 N–H and O–H groups in total. The molecule has 2 heterocycles. The number of aromatic nitrogens is 2. The zero-order valence-corrected chi connectivity index (χ0v) is 15.9. The van der Waals surface area contributed by atoms with Gasteiger partial charge in [-0.25, -0.2) is 4.98 Å². The van der Waals surface area contributed by atoms with Gasteiger partial charge in [0.15, 0.2) is 0 Å². The maximum atomic E-state index is 9.85. The Balaban J connectivity index is 1.84. The zero-order valence-electron chi connectivity index (χ0n) is 14.4. The lowest BCUT2D eigenvalue weighted by Crippen LogP contribution is -2.43. The first-order valence-electron chi connectivity index (χ1n) is 8.94. The highest BCUT2D eigenvalue weighted by Crippen LogP contribution is 2.32. The molecule has 0 saturated carbocycles. The number of imidazole rings is 1. The number of benzene rings is 2. The van der Waals surface area contributed by atoms with Crippen LogP contribution in [-0.2, 0) is 6.54 Å². The quantitative estimate of drug-likeness (QED) is 0.700. The number of hydrogen-bond donors (Lipinski definition) is 1. The summed E-state index contributed by atoms with van der Waals surface area (Å²) in [6.45, 7) is 1.57. The fourth-order valence-corrected chi connectivity index (χ4v) is 4.25. The van der Waals surface area contributed by atoms with Gasteiger partial charge in [0.2, 0.25) is 5.95 Å². The van der Waals surface area contributed by atoms with E-state index >= 15 is 0 Å². The third-order valence-electron chi connectivity index (χ3n) is 5.11. The minimum atomic E-state index is 0.0982. The fourth-order valence-electron chi connectivity index (χ4n) is 3.73. The molecule has 1 aliphatic rings. The van der Waals surface area contributed by atoms with Crippen molar-refractivity contribution < 1.29 is 5.11 Å². The van der Waals surface area contributed by atoms with E-state index in [1.165, 1.54) is 0 Å². The van der Waals surface area contributed by atoms with Crippen molar-refractivity contribution in [3.05, 3.63) is 58.1 Å². The highest BCUT2D eigenvalue weighted by molar-refractivity contribution is 6.36. The van der Waals surface area contributed by atoms with Crippen molar-refractivity contribution in [1.29, 1.82) is 0 Å². The minimum Gasteiger partial charge on any atom is -0.394 e. The molecule has 3 aromatic rings. The predicted octanol–water partition coefficient (Wildman–Crippen LogP) is 4.74. The molecule has 136 valence electrons. The van der Waals surface area contributed by atoms with Gasteiger partial charge in [0.25, 0.3) is 0 Å². The van der Waals surface area contributed by atoms with Crippen LogP contribution in [0.4, 0.5) is 5.95 Å². The maximum absolute atomic E-state index is 9.85. The van der Waals surface area contributed by atoms with E-state index < -0.39 is 0 Å². The first kappa shape index (κ1) is 17.7. The van der Waals surface area contributed by atoms with Crippen LogP contribution >= 0.6 is 23.2 Å². The predicted molar refractivity (Wildman–Crippen MR) is 107 cm³/mol. The average molecular weight is 390 g/mol. The topological polar surface area (TPSA) is 41.3 Å². The summed E-state index contributed by atoms with van der Waals surface area (Å²) in [7, 11) is 0. The van der Waals surface area contributed by atoms with Crippen molar-refractivity contribution in [1.82, 2.24) is 9.55 Å². The molecule has 1 saturated heterocycles. The van der Waals surface area contributed by atoms with Crippen molar-refractivity contribution >= 4 is 40.2 Å². The van der Waals surface area contributed by atoms with Gasteiger partial charge in [-0.15, -0.1) is 0 Å². The van der Waals surface area contributed by atoms with Crippen LogP contribution in [-0.4, -0.2) is 33.9 Å². The summed E-state index contributed by atoms with van der Waals surface area (Å²) < 4.78 is 2.16. The number of rotatable bonds is 4. The molecule has 26 heavy (non-hydrogen) atoms. The molecule has 4 nitrogen and oxygen atoms in total. The summed E-state index contributed by atoms with van der Waals surface area (Å²) in [4.78, 5) is 7.11. The SMILES string of the molecule is OC[C@H]1CCCCN1c1nc2ccccc2n1Cc1c(Cl)cccc1Cl. The highest BCUT2D eigenvalue weighted by atomic mass is 35.5. The van der Waals surface area contributed by atoms with Gasteiger partial charge in [0.05, 0.1) is 30.2 Å². The average Bonchev–Trinajstić information content (AvgIpc) is 3.03. The summed E-state index contributed by atoms with van der Waals surface area (Å²) >= 11 is 12.8. The third-order valence-corrected chi connectivity index (χ3v) is 5.82. The van der Waals surface area contributed by atoms with E-state index in [1.54, 1.807) is 0 Å². The Bertz CT molecular complexity index is 904. The van der Waals surface area contributed by atoms with Gasteiger partial charge >= 0.3 is 0 Å². The molecule has 0 spiro atoms. The maximum Gasteiger partial charge on any atom is 0.207 e. The van der Waals surface area contributed by atoms with Crippen LogP contribution in [0.15, 0.2) is 42.5 Å². The van der Waals surface area contributed by atoms with Crippen LogP contribution in [0.3, 0.4) is 0 Å². The molecule has 0 unspecified atom stereocenters. The van der Waals surface area contributed by atoms with Crippen LogP contribution in [0.2, 0.25) is 10.0 Å². The van der Waals surface area contributed by atoms with Gasteiger partial charge in [0, 0.05) is 22.2 Å². The standard InChI is InChI=1S/C20H21Cl2N3O/c21-16-7-5-8-17(22)15(16)12-25-19-10-2-1-9-18(19)23-20(25)24-11-4-3-6-14(24)13-26/h1-2,5,7-10,14,26H,3-4,6,11-13H2/t14-/m1/s1. The monoisotopic (exact) mass is 389 g/mol. The molecular weight excluding hydrogens is 369 g/mol. The number of hydrogen-bond acceptors (Lipinski definition) is 3. The molecule has 0 radical (unpaired) electrons. The first-order chi connectivity index (χ1) is 12.7. The molecule has 1 aliphatic heterocycles. The van der Waals surface area contributed by atoms with Gasteiger partial charge in [-0.1, -0.05) is 41.4 Å². The third kappa shape index (κ3) is 3.18. The molecule has 1 aromatic heterocycles. The largest absolute Gasteiger partial charge is 0.394 e. The zero-order chi connectivity index (χ0) is 18.1. The number of para-hydroxylation sites is 2. The smallest absolute Gasteiger partial charge is 0.207 e. The summed E-state index contributed by atoms with van der Waals surface area (Å²) in [5.74, 6) is 0.876. The number of halogens is 2. The van der Waals surface area contributed by atoms with Crippen LogP contribution < -0.4 is 4.90 Å². The molecule has 0 bridgehead atoms. The molecule has 1 atom stereocenters. The number of piperidine rings is 1. The second-order valence-corrected chi connectivity index (χ2v) is 7.53. The molecule has 1 fully saturated rings. The van der Waals surface area contributed by atoms with Crippen molar-refractivity contribution in [3.8, 4) is 0 Å². The van der Waals surface area contributed by atoms with E-state index in [4.69, 9.17) is 28.2 Å². The second-order valence-electron chi connectivity index (χ2n) is 6.71. The number of aliphatic hydroxyl groups is 1. The highest BCUT2D eigenvalue weighted by Gasteiger charge is 2.27. The Morgan fingerprint density at radius 3 is 2.58 bits per heavy atom. The Morgan fingerprint density at radius 1 is 1.04 bits per heavy atom. The Labute approximate surface area is 163 Å². The number of aliphatic hydroxyl groups excluding tert-OH is 1. The lowest BCUT2D eigenvalue weighted by molar-refractivity contribution is 0.238. The Kier molecular flexibility index (Phi) is 5.07. The van der Waals surface area contributed by atoms with Crippen LogP contribution in [0.5, 0.6) is 0 Å². The van der Waals surface area contributed by atoms with Crippen molar-refractivity contribution in [3.63, 3.8) is 0 Å². The van der Waals surface area contributed by atoms with E-state index in [-0.39, 0.29) is 12.6 Å². The molecular formula is C20H21Cl2N3O. The number of anilines is 1. The lowest BCUT2D eigenvalue weighted by Gasteiger charge is -2.35. The van der Waals surface area contributed by atoms with Crippen molar-refractivity contribution in [2.45, 2.75) is 31.8 Å². The van der Waals surface area contributed by atoms with E-state index in [1.807, 2.05) is 36.4 Å². The Hall–Kier alpha value is -1.75. The van der Waals surface area contributed by atoms with Gasteiger partial charge in [-0.2, -0.15) is 0 Å². The van der Waals surface area contributed by atoms with Gasteiger partial charge in [-0.05, 0) is 43.5 Å². The van der Waals surface area contributed by atoms with E-state index in [2.05, 4.69) is 15.5 Å². The fraction of sp³-hybridized carbons (Fsp3) is 0.350. The molecule has 4 rings (SSSR count). The van der Waals surface area contributed by atoms with Gasteiger partial charge < -0.3 is 14.6 Å². The number of fused-ring (bicyclic) bond motifs is 1. The summed E-state index contributed by atoms with van der Waals surface area (Å²) in [6, 6.07) is 13.8. The van der Waals surface area contributed by atoms with E-state index in [9.17, 15) is 5.11 Å². The summed E-state index contributed by atoms with van der Waals surface area (Å²) in [5, 5.41) is 11.1. The lowest BCUT2D eigenvalue weighted by atomic mass is 10.0. The molecule has 6 heteroatoms. The van der Waals surface area contributed by atoms with Crippen LogP contribution in [0.1, 0.15) is 24.8 Å². The molecule has 0 amide bonds. The van der Waals surface area contributed by atoms with Crippen molar-refractivity contribution in [2.24, 2.45) is 0 Å². The summed E-state index contributed by atoms with van der Waals surface area (Å²) in [6.07, 6.45) is 3.22. The minimum absolute atomic E-state index is 0.0982. The van der Waals surface area contributed by atoms with Crippen molar-refractivity contribution in [2.75, 3.05) is 18.1 Å². The van der Waals surface area contributed by atoms with Gasteiger partial charge in [0.1, 0.15) is 0 Å².